The fraction of sp³-hybridized carbons (Fsp3) is 0.615. The zero-order valence-corrected chi connectivity index (χ0v) is 10.6. The zero-order valence-electron chi connectivity index (χ0n) is 9.81. The Morgan fingerprint density at radius 1 is 1.69 bits per heavy atom. The van der Waals surface area contributed by atoms with Crippen LogP contribution in [0.5, 0.6) is 0 Å². The minimum atomic E-state index is -0.0230. The largest absolute Gasteiger partial charge is 0.469 e. The molecule has 1 fully saturated rings. The van der Waals surface area contributed by atoms with Crippen LogP contribution in [0.2, 0.25) is 0 Å². The van der Waals surface area contributed by atoms with Crippen molar-refractivity contribution in [3.05, 3.63) is 22.4 Å². The number of thiophene rings is 1. The summed E-state index contributed by atoms with van der Waals surface area (Å²) in [4.78, 5) is 11.3. The molecule has 3 heteroatoms. The third-order valence-electron chi connectivity index (χ3n) is 3.52. The van der Waals surface area contributed by atoms with Gasteiger partial charge in [-0.25, -0.2) is 0 Å². The number of rotatable bonds is 5. The average Bonchev–Trinajstić information content (AvgIpc) is 2.86. The number of esters is 1. The van der Waals surface area contributed by atoms with Crippen molar-refractivity contribution in [1.82, 2.24) is 0 Å². The molecular weight excluding hydrogens is 220 g/mol. The monoisotopic (exact) mass is 238 g/mol. The van der Waals surface area contributed by atoms with E-state index >= 15 is 0 Å². The summed E-state index contributed by atoms with van der Waals surface area (Å²) in [6.45, 7) is 2.22. The smallest absolute Gasteiger partial charge is 0.308 e. The summed E-state index contributed by atoms with van der Waals surface area (Å²) >= 11 is 1.75. The molecule has 16 heavy (non-hydrogen) atoms. The highest BCUT2D eigenvalue weighted by molar-refractivity contribution is 7.07. The molecule has 0 aromatic carbocycles. The molecule has 1 aromatic rings. The predicted molar refractivity (Wildman–Crippen MR) is 65.6 cm³/mol. The molecule has 2 nitrogen and oxygen atoms in total. The first-order valence-electron chi connectivity index (χ1n) is 5.86. The van der Waals surface area contributed by atoms with Crippen molar-refractivity contribution >= 4 is 17.3 Å². The van der Waals surface area contributed by atoms with E-state index in [1.807, 2.05) is 0 Å². The molecule has 0 N–H and O–H groups in total. The van der Waals surface area contributed by atoms with Gasteiger partial charge in [0, 0.05) is 0 Å². The Bertz CT molecular complexity index is 345. The van der Waals surface area contributed by atoms with Gasteiger partial charge in [-0.2, -0.15) is 11.3 Å². The number of hydrogen-bond acceptors (Lipinski definition) is 3. The topological polar surface area (TPSA) is 26.3 Å². The summed E-state index contributed by atoms with van der Waals surface area (Å²) in [7, 11) is 1.48. The van der Waals surface area contributed by atoms with Gasteiger partial charge >= 0.3 is 5.97 Å². The summed E-state index contributed by atoms with van der Waals surface area (Å²) in [5.41, 5.74) is 1.43. The predicted octanol–water partition coefficient (Wildman–Crippen LogP) is 3.44. The van der Waals surface area contributed by atoms with Crippen LogP contribution in [0.3, 0.4) is 0 Å². The van der Waals surface area contributed by atoms with Crippen LogP contribution in [0.25, 0.3) is 0 Å². The van der Waals surface area contributed by atoms with Crippen LogP contribution in [0.1, 0.15) is 37.7 Å². The molecule has 0 aliphatic heterocycles. The van der Waals surface area contributed by atoms with Crippen LogP contribution >= 0.6 is 11.3 Å². The first kappa shape index (κ1) is 11.6. The molecular formula is C13H18O2S. The number of carbonyl (C=O) groups excluding carboxylic acids is 1. The lowest BCUT2D eigenvalue weighted by Crippen LogP contribution is -2.06. The molecule has 1 aromatic heterocycles. The maximum Gasteiger partial charge on any atom is 0.308 e. The Hall–Kier alpha value is -0.830. The van der Waals surface area contributed by atoms with Crippen molar-refractivity contribution in [2.75, 3.05) is 7.11 Å². The number of ether oxygens (including phenoxy) is 1. The van der Waals surface area contributed by atoms with E-state index in [-0.39, 0.29) is 11.9 Å². The van der Waals surface area contributed by atoms with Crippen molar-refractivity contribution in [3.63, 3.8) is 0 Å². The Kier molecular flexibility index (Phi) is 3.64. The van der Waals surface area contributed by atoms with Gasteiger partial charge in [-0.1, -0.05) is 6.92 Å². The molecule has 1 heterocycles. The van der Waals surface area contributed by atoms with Crippen LogP contribution in [0.4, 0.5) is 0 Å². The van der Waals surface area contributed by atoms with Gasteiger partial charge in [0.1, 0.15) is 0 Å². The first-order chi connectivity index (χ1) is 7.76. The second kappa shape index (κ2) is 5.00. The van der Waals surface area contributed by atoms with E-state index in [0.29, 0.717) is 11.8 Å². The van der Waals surface area contributed by atoms with Gasteiger partial charge in [0.2, 0.25) is 0 Å². The fourth-order valence-electron chi connectivity index (χ4n) is 2.36. The number of hydrogen-bond donors (Lipinski definition) is 0. The Labute approximate surface area is 101 Å². The first-order valence-corrected chi connectivity index (χ1v) is 6.80. The van der Waals surface area contributed by atoms with Crippen molar-refractivity contribution in [2.45, 2.75) is 32.1 Å². The quantitative estimate of drug-likeness (QED) is 0.734. The maximum atomic E-state index is 11.3. The molecule has 2 rings (SSSR count). The van der Waals surface area contributed by atoms with Crippen molar-refractivity contribution in [2.24, 2.45) is 11.8 Å². The minimum absolute atomic E-state index is 0.0230. The summed E-state index contributed by atoms with van der Waals surface area (Å²) in [6.07, 6.45) is 3.31. The lowest BCUT2D eigenvalue weighted by Gasteiger charge is -2.12. The van der Waals surface area contributed by atoms with Crippen LogP contribution in [-0.2, 0) is 9.53 Å². The van der Waals surface area contributed by atoms with E-state index in [1.165, 1.54) is 12.7 Å². The molecule has 0 amide bonds. The Morgan fingerprint density at radius 2 is 2.50 bits per heavy atom. The molecule has 0 radical (unpaired) electrons. The Morgan fingerprint density at radius 3 is 3.06 bits per heavy atom. The molecule has 88 valence electrons. The van der Waals surface area contributed by atoms with E-state index in [1.54, 1.807) is 11.3 Å². The van der Waals surface area contributed by atoms with Gasteiger partial charge in [0.05, 0.1) is 13.0 Å². The Balaban J connectivity index is 1.88. The van der Waals surface area contributed by atoms with Crippen LogP contribution in [-0.4, -0.2) is 13.1 Å². The molecule has 0 saturated heterocycles. The third-order valence-corrected chi connectivity index (χ3v) is 4.22. The van der Waals surface area contributed by atoms with Crippen LogP contribution < -0.4 is 0 Å². The SMILES string of the molecule is CCC(CC1CC1C(=O)OC)c1ccsc1. The second-order valence-corrected chi connectivity index (χ2v) is 5.30. The average molecular weight is 238 g/mol. The highest BCUT2D eigenvalue weighted by Gasteiger charge is 2.44. The number of carbonyl (C=O) groups is 1. The molecule has 0 spiro atoms. The molecule has 1 aliphatic rings. The van der Waals surface area contributed by atoms with E-state index in [2.05, 4.69) is 23.8 Å². The van der Waals surface area contributed by atoms with Crippen molar-refractivity contribution < 1.29 is 9.53 Å². The lowest BCUT2D eigenvalue weighted by molar-refractivity contribution is -0.142. The molecule has 3 atom stereocenters. The maximum absolute atomic E-state index is 11.3. The van der Waals surface area contributed by atoms with Gasteiger partial charge in [0.25, 0.3) is 0 Å². The summed E-state index contributed by atoms with van der Waals surface area (Å²) in [5, 5.41) is 4.35. The summed E-state index contributed by atoms with van der Waals surface area (Å²) < 4.78 is 4.77. The molecule has 3 unspecified atom stereocenters. The summed E-state index contributed by atoms with van der Waals surface area (Å²) in [5.74, 6) is 1.33. The number of methoxy groups -OCH3 is 1. The second-order valence-electron chi connectivity index (χ2n) is 4.52. The van der Waals surface area contributed by atoms with Gasteiger partial charge in [-0.3, -0.25) is 4.79 Å². The van der Waals surface area contributed by atoms with Gasteiger partial charge in [0.15, 0.2) is 0 Å². The standard InChI is InChI=1S/C13H18O2S/c1-3-9(10-4-5-16-8-10)6-11-7-12(11)13(14)15-2/h4-5,8-9,11-12H,3,6-7H2,1-2H3. The van der Waals surface area contributed by atoms with Gasteiger partial charge in [-0.05, 0) is 53.5 Å². The van der Waals surface area contributed by atoms with Crippen LogP contribution in [0.15, 0.2) is 16.8 Å². The highest BCUT2D eigenvalue weighted by atomic mass is 32.1. The van der Waals surface area contributed by atoms with E-state index < -0.39 is 0 Å². The van der Waals surface area contributed by atoms with E-state index in [4.69, 9.17) is 4.74 Å². The third kappa shape index (κ3) is 2.46. The normalized spacial score (nSPS) is 25.1. The zero-order chi connectivity index (χ0) is 11.5. The molecule has 0 bridgehead atoms. The fourth-order valence-corrected chi connectivity index (χ4v) is 3.10. The summed E-state index contributed by atoms with van der Waals surface area (Å²) in [6, 6.07) is 2.20. The van der Waals surface area contributed by atoms with E-state index in [0.717, 1.165) is 19.3 Å². The van der Waals surface area contributed by atoms with Gasteiger partial charge < -0.3 is 4.74 Å². The lowest BCUT2D eigenvalue weighted by atomic mass is 9.93. The minimum Gasteiger partial charge on any atom is -0.469 e. The van der Waals surface area contributed by atoms with E-state index in [9.17, 15) is 4.79 Å². The van der Waals surface area contributed by atoms with Crippen LogP contribution in [0, 0.1) is 11.8 Å². The molecule has 1 saturated carbocycles. The van der Waals surface area contributed by atoms with Crippen molar-refractivity contribution in [3.8, 4) is 0 Å². The molecule has 1 aliphatic carbocycles. The highest BCUT2D eigenvalue weighted by Crippen LogP contribution is 2.46. The van der Waals surface area contributed by atoms with Gasteiger partial charge in [-0.15, -0.1) is 0 Å². The van der Waals surface area contributed by atoms with Crippen molar-refractivity contribution in [1.29, 1.82) is 0 Å².